The molecule has 1 saturated heterocycles. The summed E-state index contributed by atoms with van der Waals surface area (Å²) < 4.78 is 6.02. The molecule has 2 aromatic rings. The van der Waals surface area contributed by atoms with Gasteiger partial charge < -0.3 is 20.1 Å². The van der Waals surface area contributed by atoms with Crippen molar-refractivity contribution in [1.29, 1.82) is 0 Å². The van der Waals surface area contributed by atoms with E-state index in [0.29, 0.717) is 41.7 Å². The molecule has 1 fully saturated rings. The molecule has 1 aliphatic carbocycles. The Morgan fingerprint density at radius 2 is 2.10 bits per heavy atom. The number of hydrogen-bond donors (Lipinski definition) is 2. The van der Waals surface area contributed by atoms with Crippen molar-refractivity contribution in [2.45, 2.75) is 31.8 Å². The summed E-state index contributed by atoms with van der Waals surface area (Å²) in [7, 11) is 0. The molecule has 2 aliphatic rings. The Bertz CT molecular complexity index is 1020. The van der Waals surface area contributed by atoms with Gasteiger partial charge in [0.25, 0.3) is 5.91 Å². The molecule has 0 radical (unpaired) electrons. The zero-order chi connectivity index (χ0) is 21.6. The molecule has 4 rings (SSSR count). The summed E-state index contributed by atoms with van der Waals surface area (Å²) in [5.74, 6) is 1.46. The normalized spacial score (nSPS) is 18.6. The number of rotatable bonds is 6. The molecule has 0 saturated carbocycles. The van der Waals surface area contributed by atoms with Gasteiger partial charge in [-0.2, -0.15) is 0 Å². The molecule has 1 amide bonds. The smallest absolute Gasteiger partial charge is 0.256 e. The molecule has 160 valence electrons. The average Bonchev–Trinajstić information content (AvgIpc) is 2.81. The van der Waals surface area contributed by atoms with Gasteiger partial charge in [0.1, 0.15) is 23.4 Å². The molecule has 0 bridgehead atoms. The fourth-order valence-corrected chi connectivity index (χ4v) is 3.59. The van der Waals surface area contributed by atoms with Crippen LogP contribution < -0.4 is 10.2 Å². The highest BCUT2D eigenvalue weighted by molar-refractivity contribution is 6.03. The van der Waals surface area contributed by atoms with Gasteiger partial charge in [-0.3, -0.25) is 9.78 Å². The van der Waals surface area contributed by atoms with Crippen LogP contribution in [0.3, 0.4) is 0 Å². The average molecular weight is 421 g/mol. The molecule has 0 spiro atoms. The van der Waals surface area contributed by atoms with Gasteiger partial charge in [0, 0.05) is 18.5 Å². The van der Waals surface area contributed by atoms with Gasteiger partial charge in [0.15, 0.2) is 11.6 Å². The predicted octanol–water partition coefficient (Wildman–Crippen LogP) is 4.23. The number of anilines is 2. The number of aliphatic hydroxyl groups is 1. The number of carbonyl (C=O) groups is 1. The highest BCUT2D eigenvalue weighted by Gasteiger charge is 2.24. The first kappa shape index (κ1) is 20.5. The van der Waals surface area contributed by atoms with Gasteiger partial charge >= 0.3 is 0 Å². The highest BCUT2D eigenvalue weighted by atomic mass is 16.5. The first-order valence-corrected chi connectivity index (χ1v) is 10.2. The van der Waals surface area contributed by atoms with Crippen molar-refractivity contribution in [3.63, 3.8) is 0 Å². The number of nitroso groups, excluding NO2 is 1. The van der Waals surface area contributed by atoms with E-state index in [2.05, 4.69) is 25.4 Å². The number of aromatic nitrogens is 2. The highest BCUT2D eigenvalue weighted by Crippen LogP contribution is 2.25. The lowest BCUT2D eigenvalue weighted by molar-refractivity contribution is 0.0972. The van der Waals surface area contributed by atoms with E-state index in [1.54, 1.807) is 6.20 Å². The summed E-state index contributed by atoms with van der Waals surface area (Å²) in [5, 5.41) is 15.6. The van der Waals surface area contributed by atoms with Crippen LogP contribution >= 0.6 is 0 Å². The van der Waals surface area contributed by atoms with Crippen LogP contribution in [0.2, 0.25) is 0 Å². The Labute approximate surface area is 179 Å². The molecule has 1 unspecified atom stereocenters. The maximum atomic E-state index is 12.4. The number of amides is 1. The summed E-state index contributed by atoms with van der Waals surface area (Å²) in [6, 6.07) is 6.01. The van der Waals surface area contributed by atoms with Crippen LogP contribution in [-0.4, -0.2) is 40.2 Å². The fraction of sp³-hybridized carbons (Fsp3) is 0.318. The molecule has 1 atom stereocenters. The molecular weight excluding hydrogens is 398 g/mol. The number of carbonyl (C=O) groups excluding carboxylic acids is 1. The molecule has 9 heteroatoms. The Morgan fingerprint density at radius 1 is 1.26 bits per heavy atom. The van der Waals surface area contributed by atoms with Gasteiger partial charge in [0.2, 0.25) is 0 Å². The maximum absolute atomic E-state index is 12.4. The zero-order valence-electron chi connectivity index (χ0n) is 16.9. The number of nitrogens with zero attached hydrogens (tertiary/aromatic N) is 4. The Hall–Kier alpha value is -3.75. The van der Waals surface area contributed by atoms with E-state index < -0.39 is 0 Å². The molecule has 31 heavy (non-hydrogen) atoms. The maximum Gasteiger partial charge on any atom is 0.256 e. The second-order valence-corrected chi connectivity index (χ2v) is 7.43. The molecule has 9 nitrogen and oxygen atoms in total. The lowest BCUT2D eigenvalue weighted by atomic mass is 10.1. The first-order chi connectivity index (χ1) is 15.1. The van der Waals surface area contributed by atoms with Gasteiger partial charge in [-0.15, -0.1) is 4.91 Å². The van der Waals surface area contributed by atoms with Crippen molar-refractivity contribution in [2.24, 2.45) is 5.18 Å². The molecule has 1 aliphatic heterocycles. The van der Waals surface area contributed by atoms with Crippen molar-refractivity contribution in [2.75, 3.05) is 23.3 Å². The number of nitrogens with one attached hydrogen (secondary N) is 1. The van der Waals surface area contributed by atoms with E-state index in [1.807, 2.05) is 12.2 Å². The first-order valence-electron chi connectivity index (χ1n) is 10.2. The topological polar surface area (TPSA) is 117 Å². The number of aliphatic hydroxyl groups excluding tert-OH is 1. The van der Waals surface area contributed by atoms with Crippen molar-refractivity contribution < 1.29 is 14.6 Å². The number of benzene rings is 1. The summed E-state index contributed by atoms with van der Waals surface area (Å²) in [4.78, 5) is 33.8. The van der Waals surface area contributed by atoms with E-state index in [0.717, 1.165) is 25.8 Å². The van der Waals surface area contributed by atoms with Crippen LogP contribution in [0.5, 0.6) is 0 Å². The van der Waals surface area contributed by atoms with E-state index in [4.69, 9.17) is 4.74 Å². The van der Waals surface area contributed by atoms with E-state index in [9.17, 15) is 14.8 Å². The van der Waals surface area contributed by atoms with Crippen molar-refractivity contribution >= 4 is 23.2 Å². The second-order valence-electron chi connectivity index (χ2n) is 7.43. The number of ether oxygens (including phenoxy) is 1. The molecular formula is C22H23N5O4. The van der Waals surface area contributed by atoms with Gasteiger partial charge in [-0.25, -0.2) is 4.98 Å². The third kappa shape index (κ3) is 5.06. The Balaban J connectivity index is 1.41. The minimum atomic E-state index is -0.352. The molecule has 2 heterocycles. The van der Waals surface area contributed by atoms with Crippen LogP contribution in [0.4, 0.5) is 17.3 Å². The number of allylic oxidation sites excluding steroid dienone is 3. The van der Waals surface area contributed by atoms with Crippen LogP contribution in [0.1, 0.15) is 36.0 Å². The Morgan fingerprint density at radius 3 is 2.87 bits per heavy atom. The van der Waals surface area contributed by atoms with Crippen LogP contribution in [0.15, 0.2) is 65.5 Å². The van der Waals surface area contributed by atoms with Crippen LogP contribution in [0, 0.1) is 4.91 Å². The molecule has 1 aromatic heterocycles. The SMILES string of the molecule is O=Nc1ccc(C(=O)Nc2cncc(N3CCCC(OC4=C(O)CCC=C4)C3)n2)cc1. The third-order valence-corrected chi connectivity index (χ3v) is 5.20. The molecule has 2 N–H and O–H groups in total. The van der Waals surface area contributed by atoms with E-state index >= 15 is 0 Å². The van der Waals surface area contributed by atoms with E-state index in [-0.39, 0.29) is 17.7 Å². The van der Waals surface area contributed by atoms with Crippen LogP contribution in [-0.2, 0) is 4.74 Å². The van der Waals surface area contributed by atoms with Crippen LogP contribution in [0.25, 0.3) is 0 Å². The summed E-state index contributed by atoms with van der Waals surface area (Å²) in [6.45, 7) is 1.41. The predicted molar refractivity (Wildman–Crippen MR) is 116 cm³/mol. The quantitative estimate of drug-likeness (QED) is 0.670. The lowest BCUT2D eigenvalue weighted by Crippen LogP contribution is -2.40. The minimum Gasteiger partial charge on any atom is -0.508 e. The van der Waals surface area contributed by atoms with Crippen molar-refractivity contribution in [3.05, 3.63) is 70.8 Å². The summed E-state index contributed by atoms with van der Waals surface area (Å²) in [5.41, 5.74) is 0.646. The van der Waals surface area contributed by atoms with E-state index in [1.165, 1.54) is 30.5 Å². The van der Waals surface area contributed by atoms with Gasteiger partial charge in [-0.05, 0) is 54.8 Å². The summed E-state index contributed by atoms with van der Waals surface area (Å²) in [6.07, 6.45) is 10.1. The third-order valence-electron chi connectivity index (χ3n) is 5.20. The molecule has 1 aromatic carbocycles. The standard InChI is InChI=1S/C22H23N5O4/c28-18-5-1-2-6-19(18)31-17-4-3-11-27(14-17)21-13-23-12-20(24-21)25-22(29)15-7-9-16(26-30)10-8-15/h2,6-10,12-13,17,28H,1,3-5,11,14H2,(H,24,25,29). The summed E-state index contributed by atoms with van der Waals surface area (Å²) >= 11 is 0. The van der Waals surface area contributed by atoms with Crippen molar-refractivity contribution in [1.82, 2.24) is 9.97 Å². The second kappa shape index (κ2) is 9.38. The number of piperidine rings is 1. The van der Waals surface area contributed by atoms with Gasteiger partial charge in [-0.1, -0.05) is 6.08 Å². The van der Waals surface area contributed by atoms with Crippen molar-refractivity contribution in [3.8, 4) is 0 Å². The Kier molecular flexibility index (Phi) is 6.21. The zero-order valence-corrected chi connectivity index (χ0v) is 16.9. The lowest BCUT2D eigenvalue weighted by Gasteiger charge is -2.34. The largest absolute Gasteiger partial charge is 0.508 e. The number of hydrogen-bond acceptors (Lipinski definition) is 8. The van der Waals surface area contributed by atoms with Gasteiger partial charge in [0.05, 0.1) is 18.9 Å². The fourth-order valence-electron chi connectivity index (χ4n) is 3.59. The monoisotopic (exact) mass is 421 g/mol. The minimum absolute atomic E-state index is 0.0707.